The zero-order valence-corrected chi connectivity index (χ0v) is 13.0. The number of nitrogens with zero attached hydrogens (tertiary/aromatic N) is 1. The lowest BCUT2D eigenvalue weighted by atomic mass is 9.93. The lowest BCUT2D eigenvalue weighted by Crippen LogP contribution is -2.54. The summed E-state index contributed by atoms with van der Waals surface area (Å²) < 4.78 is 9.98. The summed E-state index contributed by atoms with van der Waals surface area (Å²) in [7, 11) is 1.35. The number of nitrogens with one attached hydrogen (secondary N) is 1. The van der Waals surface area contributed by atoms with E-state index in [1.165, 1.54) is 7.11 Å². The average Bonchev–Trinajstić information content (AvgIpc) is 3.05. The molecular formula is C15H22N2O4. The molecule has 0 aromatic carbocycles. The van der Waals surface area contributed by atoms with E-state index in [0.717, 1.165) is 18.4 Å². The van der Waals surface area contributed by atoms with E-state index in [0.29, 0.717) is 24.3 Å². The van der Waals surface area contributed by atoms with Gasteiger partial charge in [0.2, 0.25) is 5.91 Å². The van der Waals surface area contributed by atoms with E-state index >= 15 is 0 Å². The van der Waals surface area contributed by atoms with Crippen LogP contribution in [0, 0.1) is 13.8 Å². The second-order valence-corrected chi connectivity index (χ2v) is 5.73. The number of methoxy groups -OCH3 is 1. The maximum atomic E-state index is 12.5. The fraction of sp³-hybridized carbons (Fsp3) is 0.667. The molecule has 1 aliphatic carbocycles. The number of rotatable bonds is 4. The summed E-state index contributed by atoms with van der Waals surface area (Å²) in [5.74, 6) is -0.344. The highest BCUT2D eigenvalue weighted by atomic mass is 16.5. The van der Waals surface area contributed by atoms with E-state index < -0.39 is 11.5 Å². The van der Waals surface area contributed by atoms with Crippen LogP contribution in [-0.2, 0) is 14.3 Å². The second kappa shape index (κ2) is 5.87. The minimum Gasteiger partial charge on any atom is -0.467 e. The predicted molar refractivity (Wildman–Crippen MR) is 75.7 cm³/mol. The molecule has 0 aliphatic heterocycles. The first-order chi connectivity index (χ1) is 9.91. The predicted octanol–water partition coefficient (Wildman–Crippen LogP) is 2.00. The number of esters is 1. The van der Waals surface area contributed by atoms with Crippen LogP contribution in [0.25, 0.3) is 0 Å². The summed E-state index contributed by atoms with van der Waals surface area (Å²) in [6.07, 6.45) is 3.07. The Morgan fingerprint density at radius 1 is 1.33 bits per heavy atom. The van der Waals surface area contributed by atoms with Crippen molar-refractivity contribution in [1.29, 1.82) is 0 Å². The minimum absolute atomic E-state index is 0.197. The van der Waals surface area contributed by atoms with Gasteiger partial charge in [-0.05, 0) is 33.6 Å². The van der Waals surface area contributed by atoms with E-state index in [4.69, 9.17) is 9.26 Å². The molecule has 0 saturated heterocycles. The number of amides is 1. The van der Waals surface area contributed by atoms with Crippen molar-refractivity contribution in [3.63, 3.8) is 0 Å². The van der Waals surface area contributed by atoms with Crippen molar-refractivity contribution in [3.05, 3.63) is 17.0 Å². The van der Waals surface area contributed by atoms with Gasteiger partial charge in [0.25, 0.3) is 0 Å². The van der Waals surface area contributed by atoms with Crippen molar-refractivity contribution >= 4 is 11.9 Å². The highest BCUT2D eigenvalue weighted by molar-refractivity contribution is 5.91. The van der Waals surface area contributed by atoms with E-state index in [1.54, 1.807) is 20.8 Å². The summed E-state index contributed by atoms with van der Waals surface area (Å²) in [6, 6.07) is 0. The smallest absolute Gasteiger partial charge is 0.331 e. The number of hydrogen-bond acceptors (Lipinski definition) is 5. The summed E-state index contributed by atoms with van der Waals surface area (Å²) in [5.41, 5.74) is 0.609. The number of hydrogen-bond donors (Lipinski definition) is 1. The fourth-order valence-electron chi connectivity index (χ4n) is 3.14. The maximum absolute atomic E-state index is 12.5. The number of carbonyl (C=O) groups is 2. The second-order valence-electron chi connectivity index (χ2n) is 5.73. The largest absolute Gasteiger partial charge is 0.467 e. The van der Waals surface area contributed by atoms with Gasteiger partial charge in [0.15, 0.2) is 0 Å². The van der Waals surface area contributed by atoms with Crippen LogP contribution in [-0.4, -0.2) is 29.7 Å². The van der Waals surface area contributed by atoms with Gasteiger partial charge in [0.1, 0.15) is 11.3 Å². The van der Waals surface area contributed by atoms with Gasteiger partial charge in [-0.1, -0.05) is 18.0 Å². The Morgan fingerprint density at radius 3 is 2.43 bits per heavy atom. The third-order valence-corrected chi connectivity index (χ3v) is 4.31. The van der Waals surface area contributed by atoms with Crippen molar-refractivity contribution in [2.45, 2.75) is 57.9 Å². The summed E-state index contributed by atoms with van der Waals surface area (Å²) >= 11 is 0. The molecule has 1 aliphatic rings. The van der Waals surface area contributed by atoms with E-state index in [-0.39, 0.29) is 11.9 Å². The Kier molecular flexibility index (Phi) is 4.34. The molecule has 21 heavy (non-hydrogen) atoms. The van der Waals surface area contributed by atoms with Crippen molar-refractivity contribution < 1.29 is 18.8 Å². The number of aryl methyl sites for hydroxylation is 2. The molecule has 0 spiro atoms. The van der Waals surface area contributed by atoms with Crippen LogP contribution in [0.5, 0.6) is 0 Å². The van der Waals surface area contributed by atoms with Crippen LogP contribution in [0.3, 0.4) is 0 Å². The van der Waals surface area contributed by atoms with Gasteiger partial charge >= 0.3 is 5.97 Å². The van der Waals surface area contributed by atoms with Gasteiger partial charge in [-0.15, -0.1) is 0 Å². The van der Waals surface area contributed by atoms with Gasteiger partial charge in [-0.3, -0.25) is 4.79 Å². The van der Waals surface area contributed by atoms with Crippen LogP contribution < -0.4 is 5.32 Å². The Labute approximate surface area is 124 Å². The van der Waals surface area contributed by atoms with Crippen LogP contribution >= 0.6 is 0 Å². The van der Waals surface area contributed by atoms with Crippen LogP contribution in [0.15, 0.2) is 4.52 Å². The zero-order valence-electron chi connectivity index (χ0n) is 13.0. The molecule has 1 aromatic rings. The Hall–Kier alpha value is -1.85. The van der Waals surface area contributed by atoms with Gasteiger partial charge in [-0.25, -0.2) is 4.79 Å². The molecular weight excluding hydrogens is 272 g/mol. The number of carbonyl (C=O) groups excluding carboxylic acids is 2. The molecule has 0 bridgehead atoms. The lowest BCUT2D eigenvalue weighted by Gasteiger charge is -2.28. The standard InChI is InChI=1S/C15H22N2O4/c1-9(12-10(2)17-21-11(12)3)13(18)16-15(14(19)20-4)7-5-6-8-15/h9H,5-8H2,1-4H3,(H,16,18)/t9-/m0/s1. The first-order valence-electron chi connectivity index (χ1n) is 7.24. The third-order valence-electron chi connectivity index (χ3n) is 4.31. The van der Waals surface area contributed by atoms with E-state index in [2.05, 4.69) is 10.5 Å². The summed E-state index contributed by atoms with van der Waals surface area (Å²) in [6.45, 7) is 5.38. The molecule has 1 amide bonds. The first kappa shape index (κ1) is 15.5. The molecule has 2 rings (SSSR count). The van der Waals surface area contributed by atoms with Crippen molar-refractivity contribution in [2.75, 3.05) is 7.11 Å². The monoisotopic (exact) mass is 294 g/mol. The highest BCUT2D eigenvalue weighted by Crippen LogP contribution is 2.32. The molecule has 1 saturated carbocycles. The number of ether oxygens (including phenoxy) is 1. The van der Waals surface area contributed by atoms with Gasteiger partial charge < -0.3 is 14.6 Å². The van der Waals surface area contributed by atoms with Gasteiger partial charge in [0, 0.05) is 5.56 Å². The van der Waals surface area contributed by atoms with Crippen molar-refractivity contribution in [1.82, 2.24) is 10.5 Å². The molecule has 1 aromatic heterocycles. The average molecular weight is 294 g/mol. The molecule has 1 heterocycles. The van der Waals surface area contributed by atoms with E-state index in [1.807, 2.05) is 0 Å². The summed E-state index contributed by atoms with van der Waals surface area (Å²) in [4.78, 5) is 24.6. The summed E-state index contributed by atoms with van der Waals surface area (Å²) in [5, 5.41) is 6.78. The quantitative estimate of drug-likeness (QED) is 0.859. The molecule has 0 unspecified atom stereocenters. The zero-order chi connectivity index (χ0) is 15.6. The molecule has 1 atom stereocenters. The molecule has 1 fully saturated rings. The Morgan fingerprint density at radius 2 is 1.95 bits per heavy atom. The molecule has 6 heteroatoms. The molecule has 6 nitrogen and oxygen atoms in total. The minimum atomic E-state index is -0.876. The molecule has 1 N–H and O–H groups in total. The first-order valence-corrected chi connectivity index (χ1v) is 7.24. The van der Waals surface area contributed by atoms with Gasteiger partial charge in [0.05, 0.1) is 18.7 Å². The van der Waals surface area contributed by atoms with Gasteiger partial charge in [-0.2, -0.15) is 0 Å². The van der Waals surface area contributed by atoms with Crippen molar-refractivity contribution in [2.24, 2.45) is 0 Å². The Balaban J connectivity index is 2.18. The fourth-order valence-corrected chi connectivity index (χ4v) is 3.14. The third kappa shape index (κ3) is 2.80. The maximum Gasteiger partial charge on any atom is 0.331 e. The molecule has 0 radical (unpaired) electrons. The lowest BCUT2D eigenvalue weighted by molar-refractivity contribution is -0.150. The van der Waals surface area contributed by atoms with Crippen LogP contribution in [0.4, 0.5) is 0 Å². The topological polar surface area (TPSA) is 81.4 Å². The highest BCUT2D eigenvalue weighted by Gasteiger charge is 2.44. The number of aromatic nitrogens is 1. The SMILES string of the molecule is COC(=O)C1(NC(=O)[C@@H](C)c2c(C)noc2C)CCCC1. The molecule has 116 valence electrons. The van der Waals surface area contributed by atoms with Crippen molar-refractivity contribution in [3.8, 4) is 0 Å². The van der Waals surface area contributed by atoms with E-state index in [9.17, 15) is 9.59 Å². The van der Waals surface area contributed by atoms with Crippen LogP contribution in [0.1, 0.15) is 55.5 Å². The van der Waals surface area contributed by atoms with Crippen LogP contribution in [0.2, 0.25) is 0 Å². The normalized spacial score (nSPS) is 18.3. The Bertz CT molecular complexity index is 524.